The standard InChI is InChI=1S/C13H19N3O4/c1-14-12-10(6-4-7-11(12)16(18)19)13(17)15(2)8-5-9-20-3/h4,6-7,14H,5,8-9H2,1-3H3. The molecule has 0 aliphatic heterocycles. The molecule has 0 unspecified atom stereocenters. The number of methoxy groups -OCH3 is 1. The number of nitro groups is 1. The average molecular weight is 281 g/mol. The Hall–Kier alpha value is -2.15. The molecule has 7 heteroatoms. The van der Waals surface area contributed by atoms with Crippen molar-refractivity contribution >= 4 is 17.3 Å². The zero-order chi connectivity index (χ0) is 15.1. The van der Waals surface area contributed by atoms with Gasteiger partial charge in [0.1, 0.15) is 5.69 Å². The second-order valence-electron chi connectivity index (χ2n) is 4.28. The first kappa shape index (κ1) is 15.9. The number of amides is 1. The van der Waals surface area contributed by atoms with Crippen LogP contribution in [-0.4, -0.2) is 50.1 Å². The SMILES string of the molecule is CNc1c(C(=O)N(C)CCCOC)cccc1[N+](=O)[O-]. The zero-order valence-electron chi connectivity index (χ0n) is 11.9. The monoisotopic (exact) mass is 281 g/mol. The van der Waals surface area contributed by atoms with Crippen LogP contribution in [0.3, 0.4) is 0 Å². The average Bonchev–Trinajstić information content (AvgIpc) is 2.45. The van der Waals surface area contributed by atoms with Crippen molar-refractivity contribution in [2.45, 2.75) is 6.42 Å². The van der Waals surface area contributed by atoms with Crippen LogP contribution >= 0.6 is 0 Å². The van der Waals surface area contributed by atoms with Crippen LogP contribution < -0.4 is 5.32 Å². The minimum atomic E-state index is -0.506. The summed E-state index contributed by atoms with van der Waals surface area (Å²) < 4.78 is 4.93. The fraction of sp³-hybridized carbons (Fsp3) is 0.462. The Morgan fingerprint density at radius 2 is 2.20 bits per heavy atom. The van der Waals surface area contributed by atoms with Crippen LogP contribution in [-0.2, 0) is 4.74 Å². The van der Waals surface area contributed by atoms with Gasteiger partial charge in [-0.05, 0) is 12.5 Å². The fourth-order valence-corrected chi connectivity index (χ4v) is 1.89. The van der Waals surface area contributed by atoms with Crippen LogP contribution in [0.5, 0.6) is 0 Å². The summed E-state index contributed by atoms with van der Waals surface area (Å²) in [4.78, 5) is 24.3. The Kier molecular flexibility index (Phi) is 5.92. The van der Waals surface area contributed by atoms with Crippen molar-refractivity contribution in [3.05, 3.63) is 33.9 Å². The molecule has 0 heterocycles. The van der Waals surface area contributed by atoms with E-state index in [9.17, 15) is 14.9 Å². The number of hydrogen-bond acceptors (Lipinski definition) is 5. The number of nitrogens with one attached hydrogen (secondary N) is 1. The Bertz CT molecular complexity index is 491. The van der Waals surface area contributed by atoms with Crippen molar-refractivity contribution < 1.29 is 14.5 Å². The van der Waals surface area contributed by atoms with Crippen molar-refractivity contribution in [2.24, 2.45) is 0 Å². The van der Waals surface area contributed by atoms with Gasteiger partial charge in [0, 0.05) is 40.4 Å². The number of carbonyl (C=O) groups excluding carboxylic acids is 1. The molecule has 0 aromatic heterocycles. The van der Waals surface area contributed by atoms with Crippen LogP contribution in [0.15, 0.2) is 18.2 Å². The van der Waals surface area contributed by atoms with Crippen LogP contribution in [0.4, 0.5) is 11.4 Å². The molecule has 1 aromatic carbocycles. The topological polar surface area (TPSA) is 84.7 Å². The van der Waals surface area contributed by atoms with Gasteiger partial charge in [0.05, 0.1) is 10.5 Å². The molecule has 0 spiro atoms. The van der Waals surface area contributed by atoms with Gasteiger partial charge >= 0.3 is 0 Å². The normalized spacial score (nSPS) is 10.2. The Labute approximate surface area is 117 Å². The molecule has 0 saturated carbocycles. The lowest BCUT2D eigenvalue weighted by Gasteiger charge is -2.18. The molecule has 1 N–H and O–H groups in total. The fourth-order valence-electron chi connectivity index (χ4n) is 1.89. The maximum Gasteiger partial charge on any atom is 0.293 e. The van der Waals surface area contributed by atoms with E-state index in [0.29, 0.717) is 25.1 Å². The summed E-state index contributed by atoms with van der Waals surface area (Å²) in [5, 5.41) is 13.7. The minimum Gasteiger partial charge on any atom is -0.385 e. The van der Waals surface area contributed by atoms with Gasteiger partial charge in [-0.15, -0.1) is 0 Å². The number of para-hydroxylation sites is 1. The highest BCUT2D eigenvalue weighted by Gasteiger charge is 2.22. The number of nitro benzene ring substituents is 1. The predicted octanol–water partition coefficient (Wildman–Crippen LogP) is 1.74. The minimum absolute atomic E-state index is 0.108. The Balaban J connectivity index is 2.97. The second-order valence-corrected chi connectivity index (χ2v) is 4.28. The van der Waals surface area contributed by atoms with Gasteiger partial charge in [-0.3, -0.25) is 14.9 Å². The highest BCUT2D eigenvalue weighted by molar-refractivity contribution is 6.01. The molecule has 0 aliphatic carbocycles. The van der Waals surface area contributed by atoms with E-state index in [4.69, 9.17) is 4.74 Å². The van der Waals surface area contributed by atoms with E-state index in [1.807, 2.05) is 0 Å². The number of carbonyl (C=O) groups is 1. The summed E-state index contributed by atoms with van der Waals surface area (Å²) in [7, 11) is 4.82. The summed E-state index contributed by atoms with van der Waals surface area (Å²) in [5.41, 5.74) is 0.423. The van der Waals surface area contributed by atoms with Crippen molar-refractivity contribution in [1.82, 2.24) is 4.90 Å². The number of hydrogen-bond donors (Lipinski definition) is 1. The molecular weight excluding hydrogens is 262 g/mol. The van der Waals surface area contributed by atoms with E-state index < -0.39 is 4.92 Å². The molecule has 20 heavy (non-hydrogen) atoms. The first-order valence-corrected chi connectivity index (χ1v) is 6.22. The lowest BCUT2D eigenvalue weighted by molar-refractivity contribution is -0.384. The summed E-state index contributed by atoms with van der Waals surface area (Å²) in [6.07, 6.45) is 0.711. The highest BCUT2D eigenvalue weighted by Crippen LogP contribution is 2.28. The molecule has 7 nitrogen and oxygen atoms in total. The Morgan fingerprint density at radius 1 is 1.50 bits per heavy atom. The number of nitrogens with zero attached hydrogens (tertiary/aromatic N) is 2. The molecule has 1 amide bonds. The van der Waals surface area contributed by atoms with Crippen molar-refractivity contribution in [2.75, 3.05) is 39.7 Å². The first-order chi connectivity index (χ1) is 9.52. The van der Waals surface area contributed by atoms with Gasteiger partial charge < -0.3 is 15.0 Å². The van der Waals surface area contributed by atoms with Crippen LogP contribution in [0.1, 0.15) is 16.8 Å². The van der Waals surface area contributed by atoms with E-state index in [1.54, 1.807) is 27.3 Å². The van der Waals surface area contributed by atoms with Crippen molar-refractivity contribution in [3.8, 4) is 0 Å². The summed E-state index contributed by atoms with van der Waals surface area (Å²) in [5.74, 6) is -0.255. The Morgan fingerprint density at radius 3 is 2.75 bits per heavy atom. The molecule has 0 bridgehead atoms. The van der Waals surface area contributed by atoms with Gasteiger partial charge in [-0.2, -0.15) is 0 Å². The van der Waals surface area contributed by atoms with E-state index >= 15 is 0 Å². The van der Waals surface area contributed by atoms with Gasteiger partial charge in [-0.25, -0.2) is 0 Å². The zero-order valence-corrected chi connectivity index (χ0v) is 11.9. The largest absolute Gasteiger partial charge is 0.385 e. The third-order valence-corrected chi connectivity index (χ3v) is 2.91. The molecular formula is C13H19N3O4. The summed E-state index contributed by atoms with van der Waals surface area (Å²) in [6, 6.07) is 4.46. The number of benzene rings is 1. The van der Waals surface area contributed by atoms with Crippen LogP contribution in [0.25, 0.3) is 0 Å². The van der Waals surface area contributed by atoms with Crippen LogP contribution in [0.2, 0.25) is 0 Å². The van der Waals surface area contributed by atoms with E-state index in [1.165, 1.54) is 17.0 Å². The van der Waals surface area contributed by atoms with Crippen molar-refractivity contribution in [3.63, 3.8) is 0 Å². The molecule has 110 valence electrons. The van der Waals surface area contributed by atoms with Gasteiger partial charge in [-0.1, -0.05) is 6.07 Å². The third-order valence-electron chi connectivity index (χ3n) is 2.91. The summed E-state index contributed by atoms with van der Waals surface area (Å²) >= 11 is 0. The second kappa shape index (κ2) is 7.44. The lowest BCUT2D eigenvalue weighted by atomic mass is 10.1. The number of ether oxygens (including phenoxy) is 1. The van der Waals surface area contributed by atoms with E-state index in [2.05, 4.69) is 5.32 Å². The molecule has 0 radical (unpaired) electrons. The molecule has 1 rings (SSSR count). The summed E-state index contributed by atoms with van der Waals surface area (Å²) in [6.45, 7) is 1.09. The van der Waals surface area contributed by atoms with Gasteiger partial charge in [0.15, 0.2) is 0 Å². The maximum atomic E-state index is 12.3. The quantitative estimate of drug-likeness (QED) is 0.467. The van der Waals surface area contributed by atoms with Gasteiger partial charge in [0.2, 0.25) is 0 Å². The predicted molar refractivity (Wildman–Crippen MR) is 76.1 cm³/mol. The third kappa shape index (κ3) is 3.67. The molecule has 0 atom stereocenters. The molecule has 0 saturated heterocycles. The van der Waals surface area contributed by atoms with Gasteiger partial charge in [0.25, 0.3) is 11.6 Å². The first-order valence-electron chi connectivity index (χ1n) is 6.22. The highest BCUT2D eigenvalue weighted by atomic mass is 16.6. The molecule has 0 aliphatic rings. The van der Waals surface area contributed by atoms with E-state index in [-0.39, 0.29) is 17.3 Å². The van der Waals surface area contributed by atoms with E-state index in [0.717, 1.165) is 0 Å². The van der Waals surface area contributed by atoms with Crippen molar-refractivity contribution in [1.29, 1.82) is 0 Å². The molecule has 1 aromatic rings. The lowest BCUT2D eigenvalue weighted by Crippen LogP contribution is -2.29. The number of rotatable bonds is 7. The van der Waals surface area contributed by atoms with Crippen LogP contribution in [0, 0.1) is 10.1 Å². The smallest absolute Gasteiger partial charge is 0.293 e. The molecule has 0 fully saturated rings. The number of anilines is 1. The maximum absolute atomic E-state index is 12.3.